The van der Waals surface area contributed by atoms with E-state index in [-0.39, 0.29) is 19.5 Å². The average Bonchev–Trinajstić information content (AvgIpc) is 3.31. The van der Waals surface area contributed by atoms with Crippen molar-refractivity contribution in [3.63, 3.8) is 0 Å². The number of rotatable bonds is 8. The van der Waals surface area contributed by atoms with E-state index in [0.29, 0.717) is 24.7 Å². The lowest BCUT2D eigenvalue weighted by molar-refractivity contribution is 0.120. The molecule has 0 aromatic carbocycles. The van der Waals surface area contributed by atoms with Crippen LogP contribution in [0, 0.1) is 6.92 Å². The molecule has 37 heavy (non-hydrogen) atoms. The van der Waals surface area contributed by atoms with E-state index in [2.05, 4.69) is 35.9 Å². The summed E-state index contributed by atoms with van der Waals surface area (Å²) in [6, 6.07) is 5.26. The van der Waals surface area contributed by atoms with Gasteiger partial charge in [-0.05, 0) is 31.5 Å². The number of hydrogen-bond acceptors (Lipinski definition) is 8. The lowest BCUT2D eigenvalue weighted by Gasteiger charge is -2.34. The third-order valence-corrected chi connectivity index (χ3v) is 5.94. The van der Waals surface area contributed by atoms with Crippen LogP contribution >= 0.6 is 0 Å². The van der Waals surface area contributed by atoms with E-state index in [9.17, 15) is 17.6 Å². The Hall–Kier alpha value is -3.35. The molecule has 3 aromatic rings. The highest BCUT2D eigenvalue weighted by atomic mass is 19.3. The zero-order chi connectivity index (χ0) is 26.9. The van der Waals surface area contributed by atoms with Crippen molar-refractivity contribution >= 4 is 23.0 Å². The number of aromatic nitrogens is 4. The van der Waals surface area contributed by atoms with Crippen molar-refractivity contribution in [1.29, 1.82) is 0 Å². The second-order valence-corrected chi connectivity index (χ2v) is 8.50. The quantitative estimate of drug-likeness (QED) is 0.307. The summed E-state index contributed by atoms with van der Waals surface area (Å²) in [7, 11) is 3.40. The number of fused-ring (bicyclic) bond motifs is 1. The molecule has 0 bridgehead atoms. The number of pyridine rings is 1. The molecule has 9 nitrogen and oxygen atoms in total. The first kappa shape index (κ1) is 28.2. The fourth-order valence-corrected chi connectivity index (χ4v) is 4.00. The normalized spacial score (nSPS) is 18.3. The molecule has 202 valence electrons. The third-order valence-electron chi connectivity index (χ3n) is 5.94. The molecule has 2 atom stereocenters. The molecule has 2 N–H and O–H groups in total. The fourth-order valence-electron chi connectivity index (χ4n) is 4.00. The fraction of sp³-hybridized carbons (Fsp3) is 0.542. The Morgan fingerprint density at radius 1 is 1.22 bits per heavy atom. The Bertz CT molecular complexity index is 1180. The molecular weight excluding hydrogens is 490 g/mol. The number of hydrogen-bond donors (Lipinski definition) is 2. The van der Waals surface area contributed by atoms with Gasteiger partial charge in [0.2, 0.25) is 12.4 Å². The van der Waals surface area contributed by atoms with Crippen LogP contribution in [0.25, 0.3) is 16.8 Å². The molecule has 4 rings (SSSR count). The number of nitrogens with one attached hydrogen (secondary N) is 2. The summed E-state index contributed by atoms with van der Waals surface area (Å²) < 4.78 is 50.4. The number of alkyl halides is 4. The van der Waals surface area contributed by atoms with E-state index >= 15 is 0 Å². The van der Waals surface area contributed by atoms with Crippen molar-refractivity contribution in [2.24, 2.45) is 10.2 Å². The molecule has 2 unspecified atom stereocenters. The summed E-state index contributed by atoms with van der Waals surface area (Å²) in [4.78, 5) is 11.0. The van der Waals surface area contributed by atoms with E-state index < -0.39 is 25.3 Å². The maximum Gasteiger partial charge on any atom is 0.243 e. The largest absolute Gasteiger partial charge is 0.371 e. The first-order valence-electron chi connectivity index (χ1n) is 12.1. The molecule has 3 aromatic heterocycles. The summed E-state index contributed by atoms with van der Waals surface area (Å²) in [6.45, 7) is 3.97. The van der Waals surface area contributed by atoms with Gasteiger partial charge in [-0.15, -0.1) is 5.10 Å². The molecule has 0 radical (unpaired) electrons. The molecule has 0 saturated carbocycles. The van der Waals surface area contributed by atoms with Gasteiger partial charge in [0, 0.05) is 51.9 Å². The Morgan fingerprint density at radius 2 is 1.97 bits per heavy atom. The molecule has 1 aliphatic rings. The SMILES string of the molecule is CCC(F)F.CN=Nc1ccc(-c2ccn3nc(NC4CCN(CCF)CC4F)nc(NC)c23)nc1C. The predicted molar refractivity (Wildman–Crippen MR) is 137 cm³/mol. The zero-order valence-electron chi connectivity index (χ0n) is 21.4. The number of likely N-dealkylation sites (tertiary alicyclic amines) is 1. The minimum atomic E-state index is -2.12. The van der Waals surface area contributed by atoms with Crippen LogP contribution in [0.2, 0.25) is 0 Å². The number of anilines is 2. The molecule has 0 spiro atoms. The van der Waals surface area contributed by atoms with Gasteiger partial charge in [-0.3, -0.25) is 9.88 Å². The van der Waals surface area contributed by atoms with Crippen LogP contribution in [0.1, 0.15) is 25.5 Å². The van der Waals surface area contributed by atoms with Crippen LogP contribution in [0.3, 0.4) is 0 Å². The maximum absolute atomic E-state index is 14.6. The van der Waals surface area contributed by atoms with Crippen molar-refractivity contribution in [1.82, 2.24) is 24.5 Å². The minimum Gasteiger partial charge on any atom is -0.371 e. The van der Waals surface area contributed by atoms with Crippen molar-refractivity contribution in [3.05, 3.63) is 30.1 Å². The van der Waals surface area contributed by atoms with Crippen molar-refractivity contribution < 1.29 is 17.6 Å². The number of nitrogens with zero attached hydrogens (tertiary/aromatic N) is 7. The van der Waals surface area contributed by atoms with Crippen LogP contribution < -0.4 is 10.6 Å². The summed E-state index contributed by atoms with van der Waals surface area (Å²) in [6.07, 6.45) is -0.890. The second-order valence-electron chi connectivity index (χ2n) is 8.50. The van der Waals surface area contributed by atoms with Crippen molar-refractivity contribution in [3.8, 4) is 11.3 Å². The summed E-state index contributed by atoms with van der Waals surface area (Å²) in [5.74, 6) is 0.933. The summed E-state index contributed by atoms with van der Waals surface area (Å²) in [5, 5.41) is 18.7. The van der Waals surface area contributed by atoms with Crippen LogP contribution in [-0.4, -0.2) is 83.5 Å². The number of halogens is 4. The monoisotopic (exact) mass is 523 g/mol. The highest BCUT2D eigenvalue weighted by Crippen LogP contribution is 2.31. The number of aryl methyl sites for hydroxylation is 1. The number of piperidine rings is 1. The lowest BCUT2D eigenvalue weighted by Crippen LogP contribution is -2.48. The van der Waals surface area contributed by atoms with Gasteiger partial charge in [0.05, 0.1) is 17.4 Å². The van der Waals surface area contributed by atoms with E-state index in [1.165, 1.54) is 6.92 Å². The standard InChI is InChI=1S/C21H27F2N9.C3H6F2/c1-13-16(29-25-3)4-5-17(26-13)14-6-10-32-19(14)20(24-2)28-21(30-32)27-18-7-9-31(11-8-22)12-15(18)23;1-2-3(4)5/h4-6,10,15,18H,7-9,11-12H2,1-3H3,(H2,24,27,28,30);3H,2H2,1H3. The predicted octanol–water partition coefficient (Wildman–Crippen LogP) is 5.31. The summed E-state index contributed by atoms with van der Waals surface area (Å²) in [5.41, 5.74) is 3.89. The van der Waals surface area contributed by atoms with Gasteiger partial charge in [0.1, 0.15) is 24.1 Å². The van der Waals surface area contributed by atoms with Crippen molar-refractivity contribution in [2.75, 3.05) is 51.0 Å². The minimum absolute atomic E-state index is 0.0278. The van der Waals surface area contributed by atoms with Gasteiger partial charge in [-0.25, -0.2) is 22.1 Å². The molecule has 4 heterocycles. The molecule has 0 aliphatic carbocycles. The van der Waals surface area contributed by atoms with Crippen LogP contribution in [0.4, 0.5) is 35.0 Å². The lowest BCUT2D eigenvalue weighted by atomic mass is 10.0. The highest BCUT2D eigenvalue weighted by molar-refractivity contribution is 5.87. The second kappa shape index (κ2) is 13.3. The van der Waals surface area contributed by atoms with Gasteiger partial charge in [0.25, 0.3) is 0 Å². The van der Waals surface area contributed by atoms with Gasteiger partial charge in [-0.2, -0.15) is 15.2 Å². The first-order valence-corrected chi connectivity index (χ1v) is 12.1. The summed E-state index contributed by atoms with van der Waals surface area (Å²) >= 11 is 0. The first-order chi connectivity index (χ1) is 17.8. The van der Waals surface area contributed by atoms with E-state index in [1.54, 1.807) is 23.5 Å². The highest BCUT2D eigenvalue weighted by Gasteiger charge is 2.30. The van der Waals surface area contributed by atoms with Gasteiger partial charge >= 0.3 is 0 Å². The van der Waals surface area contributed by atoms with Crippen LogP contribution in [-0.2, 0) is 0 Å². The van der Waals surface area contributed by atoms with Crippen LogP contribution in [0.5, 0.6) is 0 Å². The molecular formula is C24H33F4N9. The van der Waals surface area contributed by atoms with Crippen molar-refractivity contribution in [2.45, 2.75) is 45.3 Å². The van der Waals surface area contributed by atoms with Crippen LogP contribution in [0.15, 0.2) is 34.6 Å². The van der Waals surface area contributed by atoms with E-state index in [0.717, 1.165) is 28.2 Å². The zero-order valence-corrected chi connectivity index (χ0v) is 21.4. The average molecular weight is 524 g/mol. The van der Waals surface area contributed by atoms with E-state index in [4.69, 9.17) is 0 Å². The Kier molecular flexibility index (Phi) is 10.1. The van der Waals surface area contributed by atoms with Gasteiger partial charge in [-0.1, -0.05) is 6.92 Å². The molecule has 1 saturated heterocycles. The Balaban J connectivity index is 0.000000695. The molecule has 0 amide bonds. The number of azo groups is 1. The third kappa shape index (κ3) is 7.12. The molecule has 1 fully saturated rings. The maximum atomic E-state index is 14.6. The van der Waals surface area contributed by atoms with E-state index in [1.807, 2.05) is 31.3 Å². The topological polar surface area (TPSA) is 95.1 Å². The Morgan fingerprint density at radius 3 is 2.57 bits per heavy atom. The molecule has 13 heteroatoms. The van der Waals surface area contributed by atoms with Gasteiger partial charge < -0.3 is 10.6 Å². The van der Waals surface area contributed by atoms with Gasteiger partial charge in [0.15, 0.2) is 5.82 Å². The Labute approximate surface area is 213 Å². The molecule has 1 aliphatic heterocycles. The smallest absolute Gasteiger partial charge is 0.243 e.